The monoisotopic (exact) mass is 394 g/mol. The molecule has 26 heavy (non-hydrogen) atoms. The number of nitrogens with zero attached hydrogens (tertiary/aromatic N) is 1. The molecule has 1 heterocycles. The molecule has 1 aliphatic heterocycles. The Labute approximate surface area is 162 Å². The average Bonchev–Trinajstić information content (AvgIpc) is 2.63. The highest BCUT2D eigenvalue weighted by molar-refractivity contribution is 6.32. The molecule has 3 rings (SSSR count). The molecule has 1 aliphatic rings. The molecular formula is C19H20Cl2N2O3. The van der Waals surface area contributed by atoms with E-state index in [1.54, 1.807) is 11.9 Å². The van der Waals surface area contributed by atoms with Gasteiger partial charge in [0.25, 0.3) is 0 Å². The Morgan fingerprint density at radius 3 is 2.62 bits per heavy atom. The Morgan fingerprint density at radius 1 is 1.12 bits per heavy atom. The maximum atomic E-state index is 12.2. The molecular weight excluding hydrogens is 375 g/mol. The van der Waals surface area contributed by atoms with Gasteiger partial charge in [-0.25, -0.2) is 4.79 Å². The standard InChI is InChI=1S/C19H20Cl2N2O3/c1-23(12-13-2-4-15(20)5-3-13)19(24)22-7-6-14-10-16(21)18-17(11-14)25-8-9-26-18/h2-5,10-11H,6-9,12H2,1H3,(H,22,24). The number of benzene rings is 2. The summed E-state index contributed by atoms with van der Waals surface area (Å²) in [6.45, 7) is 2.03. The zero-order valence-electron chi connectivity index (χ0n) is 14.4. The molecule has 0 saturated heterocycles. The van der Waals surface area contributed by atoms with Crippen LogP contribution in [-0.2, 0) is 13.0 Å². The van der Waals surface area contributed by atoms with Gasteiger partial charge in [-0.05, 0) is 41.8 Å². The SMILES string of the molecule is CN(Cc1ccc(Cl)cc1)C(=O)NCCc1cc(Cl)c2c(c1)OCCO2. The zero-order chi connectivity index (χ0) is 18.5. The molecule has 0 aromatic heterocycles. The normalized spacial score (nSPS) is 12.6. The second-order valence-electron chi connectivity index (χ2n) is 6.07. The average molecular weight is 395 g/mol. The lowest BCUT2D eigenvalue weighted by molar-refractivity contribution is 0.171. The van der Waals surface area contributed by atoms with Crippen molar-refractivity contribution in [1.82, 2.24) is 10.2 Å². The molecule has 2 aromatic carbocycles. The van der Waals surface area contributed by atoms with Crippen molar-refractivity contribution in [3.63, 3.8) is 0 Å². The highest BCUT2D eigenvalue weighted by atomic mass is 35.5. The van der Waals surface area contributed by atoms with Crippen LogP contribution in [0.4, 0.5) is 4.79 Å². The van der Waals surface area contributed by atoms with Gasteiger partial charge in [-0.3, -0.25) is 0 Å². The number of ether oxygens (including phenoxy) is 2. The number of carbonyl (C=O) groups excluding carboxylic acids is 1. The molecule has 0 bridgehead atoms. The predicted molar refractivity (Wildman–Crippen MR) is 102 cm³/mol. The molecule has 0 radical (unpaired) electrons. The van der Waals surface area contributed by atoms with E-state index in [1.165, 1.54) is 0 Å². The van der Waals surface area contributed by atoms with E-state index in [9.17, 15) is 4.79 Å². The maximum absolute atomic E-state index is 12.2. The van der Waals surface area contributed by atoms with Gasteiger partial charge in [-0.15, -0.1) is 0 Å². The molecule has 1 N–H and O–H groups in total. The van der Waals surface area contributed by atoms with E-state index in [2.05, 4.69) is 5.32 Å². The van der Waals surface area contributed by atoms with Crippen molar-refractivity contribution in [2.75, 3.05) is 26.8 Å². The minimum Gasteiger partial charge on any atom is -0.486 e. The molecule has 0 atom stereocenters. The number of fused-ring (bicyclic) bond motifs is 1. The summed E-state index contributed by atoms with van der Waals surface area (Å²) in [7, 11) is 1.75. The maximum Gasteiger partial charge on any atom is 0.317 e. The summed E-state index contributed by atoms with van der Waals surface area (Å²) in [4.78, 5) is 13.8. The summed E-state index contributed by atoms with van der Waals surface area (Å²) < 4.78 is 11.1. The second kappa shape index (κ2) is 8.52. The van der Waals surface area contributed by atoms with Gasteiger partial charge >= 0.3 is 6.03 Å². The lowest BCUT2D eigenvalue weighted by Gasteiger charge is -2.21. The predicted octanol–water partition coefficient (Wildman–Crippen LogP) is 4.15. The Hall–Kier alpha value is -2.11. The van der Waals surface area contributed by atoms with Crippen molar-refractivity contribution >= 4 is 29.2 Å². The Kier molecular flexibility index (Phi) is 6.12. The minimum absolute atomic E-state index is 0.136. The van der Waals surface area contributed by atoms with Gasteiger partial charge in [-0.2, -0.15) is 0 Å². The third-order valence-electron chi connectivity index (χ3n) is 4.03. The van der Waals surface area contributed by atoms with Gasteiger partial charge in [0.1, 0.15) is 13.2 Å². The van der Waals surface area contributed by atoms with Crippen LogP contribution in [0, 0.1) is 0 Å². The van der Waals surface area contributed by atoms with Crippen LogP contribution in [0.25, 0.3) is 0 Å². The van der Waals surface area contributed by atoms with Crippen LogP contribution < -0.4 is 14.8 Å². The minimum atomic E-state index is -0.136. The van der Waals surface area contributed by atoms with E-state index in [0.29, 0.717) is 54.3 Å². The summed E-state index contributed by atoms with van der Waals surface area (Å²) in [6, 6.07) is 11.1. The van der Waals surface area contributed by atoms with Crippen LogP contribution in [0.15, 0.2) is 36.4 Å². The van der Waals surface area contributed by atoms with Crippen LogP contribution in [0.3, 0.4) is 0 Å². The molecule has 138 valence electrons. The molecule has 0 aliphatic carbocycles. The van der Waals surface area contributed by atoms with E-state index >= 15 is 0 Å². The van der Waals surface area contributed by atoms with Gasteiger partial charge in [0.05, 0.1) is 5.02 Å². The summed E-state index contributed by atoms with van der Waals surface area (Å²) >= 11 is 12.1. The fraction of sp³-hybridized carbons (Fsp3) is 0.316. The first-order valence-corrected chi connectivity index (χ1v) is 9.10. The van der Waals surface area contributed by atoms with Gasteiger partial charge in [0.2, 0.25) is 0 Å². The van der Waals surface area contributed by atoms with Gasteiger partial charge in [0, 0.05) is 25.2 Å². The number of amides is 2. The first-order chi connectivity index (χ1) is 12.5. The third-order valence-corrected chi connectivity index (χ3v) is 4.56. The first-order valence-electron chi connectivity index (χ1n) is 8.34. The van der Waals surface area contributed by atoms with Crippen molar-refractivity contribution in [3.05, 3.63) is 57.6 Å². The van der Waals surface area contributed by atoms with E-state index in [0.717, 1.165) is 11.1 Å². The van der Waals surface area contributed by atoms with Gasteiger partial charge < -0.3 is 19.7 Å². The molecule has 2 aromatic rings. The zero-order valence-corrected chi connectivity index (χ0v) is 15.9. The van der Waals surface area contributed by atoms with Crippen LogP contribution in [0.5, 0.6) is 11.5 Å². The summed E-state index contributed by atoms with van der Waals surface area (Å²) in [5.74, 6) is 1.25. The lowest BCUT2D eigenvalue weighted by Crippen LogP contribution is -2.37. The van der Waals surface area contributed by atoms with Crippen molar-refractivity contribution < 1.29 is 14.3 Å². The number of rotatable bonds is 5. The first kappa shape index (κ1) is 18.7. The Morgan fingerprint density at radius 2 is 1.85 bits per heavy atom. The van der Waals surface area contributed by atoms with Crippen molar-refractivity contribution in [1.29, 1.82) is 0 Å². The molecule has 0 fully saturated rings. The number of nitrogens with one attached hydrogen (secondary N) is 1. The number of urea groups is 1. The quantitative estimate of drug-likeness (QED) is 0.828. The topological polar surface area (TPSA) is 50.8 Å². The summed E-state index contributed by atoms with van der Waals surface area (Å²) in [5.41, 5.74) is 2.01. The van der Waals surface area contributed by atoms with Gasteiger partial charge in [0.15, 0.2) is 11.5 Å². The molecule has 7 heteroatoms. The van der Waals surface area contributed by atoms with Crippen LogP contribution in [-0.4, -0.2) is 37.7 Å². The fourth-order valence-corrected chi connectivity index (χ4v) is 3.11. The smallest absolute Gasteiger partial charge is 0.317 e. The van der Waals surface area contributed by atoms with Crippen molar-refractivity contribution in [3.8, 4) is 11.5 Å². The van der Waals surface area contributed by atoms with E-state index in [1.807, 2.05) is 36.4 Å². The summed E-state index contributed by atoms with van der Waals surface area (Å²) in [5, 5.41) is 4.12. The number of hydrogen-bond acceptors (Lipinski definition) is 3. The van der Waals surface area contributed by atoms with Gasteiger partial charge in [-0.1, -0.05) is 35.3 Å². The largest absolute Gasteiger partial charge is 0.486 e. The number of carbonyl (C=O) groups is 1. The van der Waals surface area contributed by atoms with Crippen LogP contribution in [0.1, 0.15) is 11.1 Å². The molecule has 5 nitrogen and oxygen atoms in total. The molecule has 0 spiro atoms. The molecule has 0 saturated carbocycles. The number of halogens is 2. The third kappa shape index (κ3) is 4.74. The van der Waals surface area contributed by atoms with E-state index in [-0.39, 0.29) is 6.03 Å². The highest BCUT2D eigenvalue weighted by Crippen LogP contribution is 2.38. The van der Waals surface area contributed by atoms with E-state index in [4.69, 9.17) is 32.7 Å². The number of hydrogen-bond donors (Lipinski definition) is 1. The Bertz CT molecular complexity index is 781. The Balaban J connectivity index is 1.50. The van der Waals surface area contributed by atoms with Crippen molar-refractivity contribution in [2.24, 2.45) is 0 Å². The van der Waals surface area contributed by atoms with Crippen LogP contribution >= 0.6 is 23.2 Å². The summed E-state index contributed by atoms with van der Waals surface area (Å²) in [6.07, 6.45) is 0.650. The van der Waals surface area contributed by atoms with E-state index < -0.39 is 0 Å². The highest BCUT2D eigenvalue weighted by Gasteiger charge is 2.16. The van der Waals surface area contributed by atoms with Crippen LogP contribution in [0.2, 0.25) is 10.0 Å². The fourth-order valence-electron chi connectivity index (χ4n) is 2.69. The molecule has 0 unspecified atom stereocenters. The van der Waals surface area contributed by atoms with Crippen molar-refractivity contribution in [2.45, 2.75) is 13.0 Å². The second-order valence-corrected chi connectivity index (χ2v) is 6.91. The molecule has 2 amide bonds. The lowest BCUT2D eigenvalue weighted by atomic mass is 10.1.